The summed E-state index contributed by atoms with van der Waals surface area (Å²) < 4.78 is 4.58. The number of carbonyl (C=O) groups excluding carboxylic acids is 1. The van der Waals surface area contributed by atoms with E-state index < -0.39 is 5.97 Å². The maximum Gasteiger partial charge on any atom is 0.331 e. The summed E-state index contributed by atoms with van der Waals surface area (Å²) in [5.74, 6) is 0.512. The van der Waals surface area contributed by atoms with Gasteiger partial charge < -0.3 is 5.11 Å². The lowest BCUT2D eigenvalue weighted by atomic mass is 9.93. The van der Waals surface area contributed by atoms with Gasteiger partial charge in [-0.3, -0.25) is 4.79 Å². The van der Waals surface area contributed by atoms with Gasteiger partial charge in [0, 0.05) is 38.8 Å². The molecule has 3 aliphatic carbocycles. The Labute approximate surface area is 171 Å². The molecule has 2 aromatic heterocycles. The number of fused-ring (bicyclic) bond motifs is 1. The lowest BCUT2D eigenvalue weighted by Crippen LogP contribution is -2.10. The van der Waals surface area contributed by atoms with Gasteiger partial charge in [-0.05, 0) is 74.9 Å². The molecule has 1 N–H and O–H groups in total. The van der Waals surface area contributed by atoms with Crippen LogP contribution in [0.15, 0.2) is 11.1 Å². The summed E-state index contributed by atoms with van der Waals surface area (Å²) in [5.41, 5.74) is 3.34. The van der Waals surface area contributed by atoms with Crippen LogP contribution in [0.25, 0.3) is 10.6 Å². The summed E-state index contributed by atoms with van der Waals surface area (Å²) in [5, 5.41) is 10.3. The second-order valence-electron chi connectivity index (χ2n) is 7.96. The predicted octanol–water partition coefficient (Wildman–Crippen LogP) is 4.70. The fourth-order valence-electron chi connectivity index (χ4n) is 4.38. The molecule has 0 atom stereocenters. The molecule has 0 amide bonds. The van der Waals surface area contributed by atoms with Crippen molar-refractivity contribution < 1.29 is 14.7 Å². The van der Waals surface area contributed by atoms with Crippen molar-refractivity contribution in [2.45, 2.75) is 70.1 Å². The van der Waals surface area contributed by atoms with Gasteiger partial charge in [0.25, 0.3) is 0 Å². The Kier molecular flexibility index (Phi) is 4.67. The first kappa shape index (κ1) is 18.2. The highest BCUT2D eigenvalue weighted by Crippen LogP contribution is 2.45. The van der Waals surface area contributed by atoms with Crippen molar-refractivity contribution in [2.75, 3.05) is 0 Å². The topological polar surface area (TPSA) is 80.1 Å². The molecule has 28 heavy (non-hydrogen) atoms. The molecule has 146 valence electrons. The summed E-state index contributed by atoms with van der Waals surface area (Å²) in [6, 6.07) is 0. The summed E-state index contributed by atoms with van der Waals surface area (Å²) in [6.07, 6.45) is 8.97. The van der Waals surface area contributed by atoms with Gasteiger partial charge >= 0.3 is 5.97 Å². The minimum Gasteiger partial charge on any atom is -0.478 e. The van der Waals surface area contributed by atoms with E-state index in [-0.39, 0.29) is 12.2 Å². The number of allylic oxidation sites excluding steroid dienone is 1. The van der Waals surface area contributed by atoms with Crippen molar-refractivity contribution in [1.29, 1.82) is 0 Å². The molecule has 0 radical (unpaired) electrons. The molecular formula is C21H22N2O3S2. The second-order valence-corrected chi connectivity index (χ2v) is 9.90. The number of carboxylic acids is 1. The molecule has 0 aliphatic heterocycles. The molecule has 5 rings (SSSR count). The number of aromatic nitrogens is 2. The van der Waals surface area contributed by atoms with Crippen molar-refractivity contribution in [2.24, 2.45) is 0 Å². The number of rotatable bonds is 6. The van der Waals surface area contributed by atoms with Crippen molar-refractivity contribution in [1.82, 2.24) is 9.36 Å². The number of Topliss-reactive ketones (excluding diaryl/α,β-unsaturated/α-hetero) is 1. The minimum absolute atomic E-state index is 0.0262. The van der Waals surface area contributed by atoms with Crippen molar-refractivity contribution >= 4 is 34.6 Å². The first-order valence-corrected chi connectivity index (χ1v) is 11.7. The van der Waals surface area contributed by atoms with E-state index in [1.165, 1.54) is 47.7 Å². The van der Waals surface area contributed by atoms with Gasteiger partial charge in [0.15, 0.2) is 5.78 Å². The molecule has 2 aromatic rings. The smallest absolute Gasteiger partial charge is 0.331 e. The Morgan fingerprint density at radius 1 is 1.04 bits per heavy atom. The monoisotopic (exact) mass is 414 g/mol. The lowest BCUT2D eigenvalue weighted by molar-refractivity contribution is -0.133. The van der Waals surface area contributed by atoms with E-state index in [4.69, 9.17) is 4.98 Å². The highest BCUT2D eigenvalue weighted by Gasteiger charge is 2.31. The zero-order chi connectivity index (χ0) is 19.3. The van der Waals surface area contributed by atoms with Gasteiger partial charge in [0.1, 0.15) is 10.8 Å². The number of hydrogen-bond donors (Lipinski definition) is 1. The average molecular weight is 415 g/mol. The number of nitrogens with zero attached hydrogens (tertiary/aromatic N) is 2. The molecule has 0 spiro atoms. The van der Waals surface area contributed by atoms with E-state index in [1.54, 1.807) is 11.3 Å². The minimum atomic E-state index is -0.940. The molecule has 0 bridgehead atoms. The predicted molar refractivity (Wildman–Crippen MR) is 109 cm³/mol. The highest BCUT2D eigenvalue weighted by molar-refractivity contribution is 7.14. The number of aliphatic carboxylic acids is 1. The van der Waals surface area contributed by atoms with E-state index in [0.29, 0.717) is 29.9 Å². The molecule has 5 nitrogen and oxygen atoms in total. The number of carbonyl (C=O) groups is 2. The summed E-state index contributed by atoms with van der Waals surface area (Å²) in [7, 11) is 0. The third-order valence-electron chi connectivity index (χ3n) is 5.98. The van der Waals surface area contributed by atoms with Gasteiger partial charge in [0.05, 0.1) is 0 Å². The Hall–Kier alpha value is -1.86. The first-order valence-electron chi connectivity index (χ1n) is 10.1. The summed E-state index contributed by atoms with van der Waals surface area (Å²) in [6.45, 7) is 0. The fraction of sp³-hybridized carbons (Fsp3) is 0.524. The van der Waals surface area contributed by atoms with Crippen molar-refractivity contribution in [3.05, 3.63) is 32.3 Å². The Morgan fingerprint density at radius 3 is 2.61 bits per heavy atom. The zero-order valence-corrected chi connectivity index (χ0v) is 17.3. The molecule has 1 saturated carbocycles. The third kappa shape index (κ3) is 3.24. The van der Waals surface area contributed by atoms with Crippen LogP contribution in [0, 0.1) is 0 Å². The number of ketones is 1. The average Bonchev–Trinajstić information content (AvgIpc) is 3.10. The Balaban J connectivity index is 1.52. The van der Waals surface area contributed by atoms with E-state index in [1.807, 2.05) is 0 Å². The van der Waals surface area contributed by atoms with Gasteiger partial charge in [-0.1, -0.05) is 0 Å². The molecule has 7 heteroatoms. The first-order chi connectivity index (χ1) is 13.6. The van der Waals surface area contributed by atoms with Crippen LogP contribution in [0.1, 0.15) is 72.0 Å². The molecule has 0 aromatic carbocycles. The molecule has 3 aliphatic rings. The van der Waals surface area contributed by atoms with Gasteiger partial charge in [-0.25, -0.2) is 9.78 Å². The maximum absolute atomic E-state index is 13.0. The zero-order valence-electron chi connectivity index (χ0n) is 15.6. The molecule has 2 heterocycles. The van der Waals surface area contributed by atoms with Gasteiger partial charge in [0.2, 0.25) is 0 Å². The standard InChI is InChI=1S/C21H22N2O3S2/c24-15(12-5-3-6-13(12)21(25)26)10-17-18(14-4-1-2-7-16(14)27-17)20-22-19(23-28-20)11-8-9-11/h11H,1-10H2,(H,25,26). The molecular weight excluding hydrogens is 392 g/mol. The quantitative estimate of drug-likeness (QED) is 0.741. The Bertz CT molecular complexity index is 997. The van der Waals surface area contributed by atoms with Crippen LogP contribution in [0.4, 0.5) is 0 Å². The molecule has 0 unspecified atom stereocenters. The molecule has 1 fully saturated rings. The normalized spacial score (nSPS) is 19.1. The van der Waals surface area contributed by atoms with E-state index in [2.05, 4.69) is 4.37 Å². The number of carboxylic acid groups (broad SMARTS) is 1. The van der Waals surface area contributed by atoms with Gasteiger partial charge in [-0.15, -0.1) is 11.3 Å². The van der Waals surface area contributed by atoms with Crippen LogP contribution in [0.2, 0.25) is 0 Å². The van der Waals surface area contributed by atoms with Crippen LogP contribution < -0.4 is 0 Å². The van der Waals surface area contributed by atoms with Crippen LogP contribution in [0.3, 0.4) is 0 Å². The summed E-state index contributed by atoms with van der Waals surface area (Å²) in [4.78, 5) is 31.7. The lowest BCUT2D eigenvalue weighted by Gasteiger charge is -2.11. The summed E-state index contributed by atoms with van der Waals surface area (Å²) >= 11 is 3.19. The van der Waals surface area contributed by atoms with Crippen LogP contribution in [0.5, 0.6) is 0 Å². The van der Waals surface area contributed by atoms with E-state index in [0.717, 1.165) is 40.5 Å². The highest BCUT2D eigenvalue weighted by atomic mass is 32.1. The number of aryl methyl sites for hydroxylation is 1. The van der Waals surface area contributed by atoms with Crippen LogP contribution >= 0.6 is 22.9 Å². The van der Waals surface area contributed by atoms with Crippen molar-refractivity contribution in [3.8, 4) is 10.6 Å². The molecule has 0 saturated heterocycles. The van der Waals surface area contributed by atoms with Crippen LogP contribution in [-0.4, -0.2) is 26.2 Å². The number of hydrogen-bond acceptors (Lipinski definition) is 6. The largest absolute Gasteiger partial charge is 0.478 e. The second kappa shape index (κ2) is 7.19. The van der Waals surface area contributed by atoms with Crippen molar-refractivity contribution in [3.63, 3.8) is 0 Å². The van der Waals surface area contributed by atoms with Gasteiger partial charge in [-0.2, -0.15) is 4.37 Å². The number of thiophene rings is 1. The van der Waals surface area contributed by atoms with Crippen LogP contribution in [-0.2, 0) is 28.9 Å². The van der Waals surface area contributed by atoms with E-state index >= 15 is 0 Å². The maximum atomic E-state index is 13.0. The van der Waals surface area contributed by atoms with E-state index in [9.17, 15) is 14.7 Å². The SMILES string of the molecule is O=C(O)C1=C(C(=O)Cc2sc3c(c2-c2nc(C4CC4)ns2)CCCC3)CCC1. The fourth-order valence-corrected chi connectivity index (χ4v) is 6.68. The Morgan fingerprint density at radius 2 is 1.82 bits per heavy atom. The third-order valence-corrected chi connectivity index (χ3v) is 8.01.